The zero-order valence-corrected chi connectivity index (χ0v) is 10.3. The molecule has 3 aromatic rings. The largest absolute Gasteiger partial charge is 0.496 e. The number of pyridine rings is 1. The van der Waals surface area contributed by atoms with Crippen LogP contribution in [0.3, 0.4) is 0 Å². The average molecular weight is 239 g/mol. The van der Waals surface area contributed by atoms with Crippen molar-refractivity contribution in [2.45, 2.75) is 6.54 Å². The van der Waals surface area contributed by atoms with Gasteiger partial charge in [-0.2, -0.15) is 0 Å². The Balaban J connectivity index is 2.01. The molecule has 0 saturated carbocycles. The number of hydrogen-bond acceptors (Lipinski definition) is 1. The molecule has 2 heterocycles. The Morgan fingerprint density at radius 3 is 2.78 bits per heavy atom. The molecule has 3 nitrogen and oxygen atoms in total. The second-order valence-corrected chi connectivity index (χ2v) is 4.20. The van der Waals surface area contributed by atoms with E-state index in [1.807, 2.05) is 36.5 Å². The van der Waals surface area contributed by atoms with Gasteiger partial charge in [0.05, 0.1) is 13.3 Å². The highest BCUT2D eigenvalue weighted by molar-refractivity contribution is 5.34. The zero-order valence-electron chi connectivity index (χ0n) is 10.3. The van der Waals surface area contributed by atoms with Crippen LogP contribution in [0.15, 0.2) is 61.1 Å². The van der Waals surface area contributed by atoms with Crippen LogP contribution in [0.4, 0.5) is 0 Å². The molecule has 0 radical (unpaired) electrons. The van der Waals surface area contributed by atoms with E-state index in [1.165, 1.54) is 11.2 Å². The van der Waals surface area contributed by atoms with Crippen molar-refractivity contribution in [3.8, 4) is 5.75 Å². The molecule has 0 aliphatic rings. The van der Waals surface area contributed by atoms with E-state index in [0.29, 0.717) is 0 Å². The molecule has 18 heavy (non-hydrogen) atoms. The summed E-state index contributed by atoms with van der Waals surface area (Å²) in [7, 11) is 1.71. The van der Waals surface area contributed by atoms with E-state index in [1.54, 1.807) is 7.11 Å². The lowest BCUT2D eigenvalue weighted by Gasteiger charge is -2.06. The molecule has 90 valence electrons. The SMILES string of the molecule is COc1ccccc1C[n+]1ccn2ccccc21. The van der Waals surface area contributed by atoms with Crippen LogP contribution in [0.2, 0.25) is 0 Å². The summed E-state index contributed by atoms with van der Waals surface area (Å²) in [6.45, 7) is 0.810. The maximum Gasteiger partial charge on any atom is 0.286 e. The summed E-state index contributed by atoms with van der Waals surface area (Å²) in [5.41, 5.74) is 2.35. The average Bonchev–Trinajstić information content (AvgIpc) is 2.83. The Bertz CT molecular complexity index is 673. The molecule has 0 atom stereocenters. The summed E-state index contributed by atoms with van der Waals surface area (Å²) in [6.07, 6.45) is 6.20. The third kappa shape index (κ3) is 1.84. The number of hydrogen-bond donors (Lipinski definition) is 0. The highest BCUT2D eigenvalue weighted by Crippen LogP contribution is 2.16. The molecule has 0 aliphatic heterocycles. The van der Waals surface area contributed by atoms with Gasteiger partial charge in [-0.15, -0.1) is 0 Å². The fraction of sp³-hybridized carbons (Fsp3) is 0.133. The summed E-state index contributed by atoms with van der Waals surface area (Å²) in [4.78, 5) is 0. The predicted octanol–water partition coefficient (Wildman–Crippen LogP) is 2.28. The van der Waals surface area contributed by atoms with Gasteiger partial charge in [-0.25, -0.2) is 8.97 Å². The van der Waals surface area contributed by atoms with Gasteiger partial charge in [0.25, 0.3) is 5.65 Å². The van der Waals surface area contributed by atoms with Gasteiger partial charge in [-0.1, -0.05) is 24.3 Å². The van der Waals surface area contributed by atoms with Crippen LogP contribution in [0.1, 0.15) is 5.56 Å². The lowest BCUT2D eigenvalue weighted by Crippen LogP contribution is -2.32. The number of rotatable bonds is 3. The van der Waals surface area contributed by atoms with Crippen LogP contribution in [-0.2, 0) is 6.54 Å². The molecule has 2 aromatic heterocycles. The summed E-state index contributed by atoms with van der Waals surface area (Å²) in [6, 6.07) is 14.3. The van der Waals surface area contributed by atoms with E-state index in [4.69, 9.17) is 4.74 Å². The number of fused-ring (bicyclic) bond motifs is 1. The fourth-order valence-corrected chi connectivity index (χ4v) is 2.20. The minimum atomic E-state index is 0.810. The molecule has 0 amide bonds. The van der Waals surface area contributed by atoms with E-state index < -0.39 is 0 Å². The van der Waals surface area contributed by atoms with Gasteiger partial charge in [0.15, 0.2) is 0 Å². The smallest absolute Gasteiger partial charge is 0.286 e. The molecule has 0 aliphatic carbocycles. The Morgan fingerprint density at radius 2 is 1.89 bits per heavy atom. The number of methoxy groups -OCH3 is 1. The molecule has 0 N–H and O–H groups in total. The maximum absolute atomic E-state index is 5.39. The van der Waals surface area contributed by atoms with Crippen LogP contribution in [0.25, 0.3) is 5.65 Å². The lowest BCUT2D eigenvalue weighted by atomic mass is 10.2. The van der Waals surface area contributed by atoms with Crippen molar-refractivity contribution in [3.05, 3.63) is 66.6 Å². The first-order chi connectivity index (χ1) is 8.88. The standard InChI is InChI=1S/C15H15N2O/c1-18-14-7-3-2-6-13(14)12-17-11-10-16-9-5-4-8-15(16)17/h2-11H,12H2,1H3/q+1. The van der Waals surface area contributed by atoms with E-state index in [9.17, 15) is 0 Å². The Hall–Kier alpha value is -2.29. The minimum absolute atomic E-state index is 0.810. The van der Waals surface area contributed by atoms with Gasteiger partial charge in [0, 0.05) is 11.6 Å². The number of aromatic nitrogens is 2. The quantitative estimate of drug-likeness (QED) is 0.641. The van der Waals surface area contributed by atoms with Crippen LogP contribution < -0.4 is 9.30 Å². The topological polar surface area (TPSA) is 17.5 Å². The number of nitrogens with zero attached hydrogens (tertiary/aromatic N) is 2. The number of para-hydroxylation sites is 1. The molecule has 0 unspecified atom stereocenters. The van der Waals surface area contributed by atoms with Crippen molar-refractivity contribution in [1.82, 2.24) is 4.40 Å². The second-order valence-electron chi connectivity index (χ2n) is 4.20. The van der Waals surface area contributed by atoms with Crippen molar-refractivity contribution < 1.29 is 9.30 Å². The fourth-order valence-electron chi connectivity index (χ4n) is 2.20. The van der Waals surface area contributed by atoms with Gasteiger partial charge in [-0.05, 0) is 12.1 Å². The first-order valence-corrected chi connectivity index (χ1v) is 5.95. The highest BCUT2D eigenvalue weighted by Gasteiger charge is 2.11. The van der Waals surface area contributed by atoms with Crippen molar-refractivity contribution in [2.24, 2.45) is 0 Å². The van der Waals surface area contributed by atoms with Gasteiger partial charge < -0.3 is 4.74 Å². The van der Waals surface area contributed by atoms with Crippen LogP contribution in [-0.4, -0.2) is 11.5 Å². The zero-order chi connectivity index (χ0) is 12.4. The van der Waals surface area contributed by atoms with Crippen molar-refractivity contribution in [1.29, 1.82) is 0 Å². The molecular formula is C15H15N2O+. The molecule has 0 bridgehead atoms. The van der Waals surface area contributed by atoms with Gasteiger partial charge in [0.2, 0.25) is 0 Å². The van der Waals surface area contributed by atoms with Crippen LogP contribution in [0, 0.1) is 0 Å². The van der Waals surface area contributed by atoms with Crippen molar-refractivity contribution in [2.75, 3.05) is 7.11 Å². The third-order valence-electron chi connectivity index (χ3n) is 3.10. The monoisotopic (exact) mass is 239 g/mol. The molecular weight excluding hydrogens is 224 g/mol. The summed E-state index contributed by atoms with van der Waals surface area (Å²) in [5.74, 6) is 0.931. The molecule has 0 fully saturated rings. The van der Waals surface area contributed by atoms with Gasteiger partial charge >= 0.3 is 0 Å². The Labute approximate surface area is 106 Å². The molecule has 1 aromatic carbocycles. The van der Waals surface area contributed by atoms with Crippen molar-refractivity contribution in [3.63, 3.8) is 0 Å². The molecule has 0 saturated heterocycles. The minimum Gasteiger partial charge on any atom is -0.496 e. The summed E-state index contributed by atoms with van der Waals surface area (Å²) in [5, 5.41) is 0. The molecule has 3 heteroatoms. The lowest BCUT2D eigenvalue weighted by molar-refractivity contribution is -0.662. The first kappa shape index (κ1) is 10.8. The van der Waals surface area contributed by atoms with Crippen LogP contribution in [0.5, 0.6) is 5.75 Å². The third-order valence-corrected chi connectivity index (χ3v) is 3.10. The number of imidazole rings is 1. The summed E-state index contributed by atoms with van der Waals surface area (Å²) >= 11 is 0. The van der Waals surface area contributed by atoms with E-state index in [-0.39, 0.29) is 0 Å². The van der Waals surface area contributed by atoms with Crippen molar-refractivity contribution >= 4 is 5.65 Å². The number of benzene rings is 1. The first-order valence-electron chi connectivity index (χ1n) is 5.95. The Kier molecular flexibility index (Phi) is 2.73. The van der Waals surface area contributed by atoms with Gasteiger partial charge in [-0.3, -0.25) is 0 Å². The van der Waals surface area contributed by atoms with Gasteiger partial charge in [0.1, 0.15) is 24.7 Å². The predicted molar refractivity (Wildman–Crippen MR) is 69.7 cm³/mol. The van der Waals surface area contributed by atoms with E-state index in [2.05, 4.69) is 33.5 Å². The van der Waals surface area contributed by atoms with Crippen LogP contribution >= 0.6 is 0 Å². The molecule has 0 spiro atoms. The Morgan fingerprint density at radius 1 is 1.06 bits per heavy atom. The second kappa shape index (κ2) is 4.53. The number of ether oxygens (including phenoxy) is 1. The highest BCUT2D eigenvalue weighted by atomic mass is 16.5. The van der Waals surface area contributed by atoms with E-state index >= 15 is 0 Å². The molecule has 3 rings (SSSR count). The summed E-state index contributed by atoms with van der Waals surface area (Å²) < 4.78 is 9.70. The maximum atomic E-state index is 5.39. The normalized spacial score (nSPS) is 10.7. The van der Waals surface area contributed by atoms with E-state index in [0.717, 1.165) is 12.3 Å².